The second kappa shape index (κ2) is 8.30. The highest BCUT2D eigenvalue weighted by molar-refractivity contribution is 5.96. The summed E-state index contributed by atoms with van der Waals surface area (Å²) in [5.74, 6) is 3.00. The third-order valence-electron chi connectivity index (χ3n) is 5.68. The molecule has 2 aromatic carbocycles. The second-order valence-corrected chi connectivity index (χ2v) is 7.52. The molecule has 158 valence electrons. The molecule has 0 radical (unpaired) electrons. The maximum atomic E-state index is 13.1. The van der Waals surface area contributed by atoms with Gasteiger partial charge in [-0.25, -0.2) is 0 Å². The molecule has 0 saturated heterocycles. The van der Waals surface area contributed by atoms with E-state index in [0.29, 0.717) is 29.5 Å². The van der Waals surface area contributed by atoms with Gasteiger partial charge in [0.2, 0.25) is 5.91 Å². The molecule has 1 aliphatic carbocycles. The molecule has 0 bridgehead atoms. The number of hydrogen-bond acceptors (Lipinski definition) is 5. The van der Waals surface area contributed by atoms with Crippen LogP contribution in [0.15, 0.2) is 30.3 Å². The number of benzene rings is 2. The van der Waals surface area contributed by atoms with Crippen LogP contribution in [0.1, 0.15) is 29.5 Å². The molecule has 1 aliphatic heterocycles. The van der Waals surface area contributed by atoms with Crippen LogP contribution in [-0.4, -0.2) is 45.8 Å². The van der Waals surface area contributed by atoms with Gasteiger partial charge in [0.25, 0.3) is 0 Å². The Bertz CT molecular complexity index is 993. The lowest BCUT2D eigenvalue weighted by atomic mass is 9.93. The summed E-state index contributed by atoms with van der Waals surface area (Å²) in [6, 6.07) is 9.73. The van der Waals surface area contributed by atoms with Gasteiger partial charge >= 0.3 is 0 Å². The largest absolute Gasteiger partial charge is 0.493 e. The Kier molecular flexibility index (Phi) is 5.57. The van der Waals surface area contributed by atoms with Crippen LogP contribution in [0.4, 0.5) is 0 Å². The van der Waals surface area contributed by atoms with Crippen molar-refractivity contribution in [1.29, 1.82) is 0 Å². The van der Waals surface area contributed by atoms with Gasteiger partial charge in [-0.05, 0) is 60.7 Å². The zero-order valence-corrected chi connectivity index (χ0v) is 17.9. The second-order valence-electron chi connectivity index (χ2n) is 7.52. The molecule has 0 unspecified atom stereocenters. The molecular weight excluding hydrogens is 382 g/mol. The average molecular weight is 409 g/mol. The van der Waals surface area contributed by atoms with Crippen molar-refractivity contribution in [2.24, 2.45) is 5.92 Å². The molecule has 2 aromatic rings. The van der Waals surface area contributed by atoms with E-state index in [1.54, 1.807) is 28.4 Å². The molecule has 1 saturated carbocycles. The van der Waals surface area contributed by atoms with E-state index in [1.165, 1.54) is 0 Å². The highest BCUT2D eigenvalue weighted by Crippen LogP contribution is 2.41. The zero-order chi connectivity index (χ0) is 21.3. The first kappa shape index (κ1) is 20.1. The predicted octanol–water partition coefficient (Wildman–Crippen LogP) is 4.01. The first-order valence-electron chi connectivity index (χ1n) is 10.1. The van der Waals surface area contributed by atoms with Gasteiger partial charge in [0.15, 0.2) is 23.0 Å². The molecule has 0 atom stereocenters. The summed E-state index contributed by atoms with van der Waals surface area (Å²) in [6.07, 6.45) is 4.75. The van der Waals surface area contributed by atoms with E-state index in [-0.39, 0.29) is 11.8 Å². The Morgan fingerprint density at radius 2 is 1.53 bits per heavy atom. The van der Waals surface area contributed by atoms with Crippen molar-refractivity contribution >= 4 is 17.7 Å². The Morgan fingerprint density at radius 3 is 2.17 bits per heavy atom. The number of nitrogens with zero attached hydrogens (tertiary/aromatic N) is 1. The van der Waals surface area contributed by atoms with Gasteiger partial charge in [-0.15, -0.1) is 0 Å². The third-order valence-corrected chi connectivity index (χ3v) is 5.68. The molecule has 1 heterocycles. The van der Waals surface area contributed by atoms with Crippen molar-refractivity contribution in [2.45, 2.75) is 19.3 Å². The minimum absolute atomic E-state index is 0.139. The summed E-state index contributed by atoms with van der Waals surface area (Å²) in [5.41, 5.74) is 3.93. The minimum Gasteiger partial charge on any atom is -0.493 e. The topological polar surface area (TPSA) is 57.2 Å². The van der Waals surface area contributed by atoms with Crippen LogP contribution in [-0.2, 0) is 11.2 Å². The molecule has 2 aliphatic rings. The van der Waals surface area contributed by atoms with Crippen LogP contribution in [0, 0.1) is 5.92 Å². The summed E-state index contributed by atoms with van der Waals surface area (Å²) in [4.78, 5) is 15.0. The molecule has 1 fully saturated rings. The lowest BCUT2D eigenvalue weighted by Gasteiger charge is -2.32. The summed E-state index contributed by atoms with van der Waals surface area (Å²) in [6.45, 7) is 0.650. The Hall–Kier alpha value is -3.15. The fraction of sp³-hybridized carbons (Fsp3) is 0.375. The molecule has 0 aromatic heterocycles. The summed E-state index contributed by atoms with van der Waals surface area (Å²) >= 11 is 0. The van der Waals surface area contributed by atoms with E-state index in [9.17, 15) is 4.79 Å². The number of ether oxygens (including phenoxy) is 4. The minimum atomic E-state index is 0.139. The molecule has 6 heteroatoms. The number of fused-ring (bicyclic) bond motifs is 1. The molecule has 1 amide bonds. The quantitative estimate of drug-likeness (QED) is 0.721. The van der Waals surface area contributed by atoms with Crippen molar-refractivity contribution in [3.8, 4) is 23.0 Å². The van der Waals surface area contributed by atoms with Crippen molar-refractivity contribution in [3.63, 3.8) is 0 Å². The molecule has 4 rings (SSSR count). The molecular formula is C24H27NO5. The number of rotatable bonds is 6. The number of amides is 1. The number of carbonyl (C=O) groups excluding carboxylic acids is 1. The Balaban J connectivity index is 1.84. The summed E-state index contributed by atoms with van der Waals surface area (Å²) in [5, 5.41) is 0. The maximum Gasteiger partial charge on any atom is 0.230 e. The number of hydrogen-bond donors (Lipinski definition) is 0. The lowest BCUT2D eigenvalue weighted by molar-refractivity contribution is -0.129. The molecule has 30 heavy (non-hydrogen) atoms. The van der Waals surface area contributed by atoms with Crippen LogP contribution in [0.2, 0.25) is 0 Å². The number of carbonyl (C=O) groups is 1. The van der Waals surface area contributed by atoms with E-state index in [1.807, 2.05) is 41.3 Å². The number of methoxy groups -OCH3 is 4. The lowest BCUT2D eigenvalue weighted by Crippen LogP contribution is -2.36. The molecule has 0 spiro atoms. The predicted molar refractivity (Wildman–Crippen MR) is 115 cm³/mol. The van der Waals surface area contributed by atoms with E-state index in [2.05, 4.69) is 0 Å². The van der Waals surface area contributed by atoms with Crippen LogP contribution >= 0.6 is 0 Å². The van der Waals surface area contributed by atoms with Gasteiger partial charge in [0.05, 0.1) is 34.1 Å². The monoisotopic (exact) mass is 409 g/mol. The zero-order valence-electron chi connectivity index (χ0n) is 17.9. The van der Waals surface area contributed by atoms with Gasteiger partial charge in [-0.1, -0.05) is 6.07 Å². The van der Waals surface area contributed by atoms with Crippen molar-refractivity contribution in [1.82, 2.24) is 4.90 Å². The van der Waals surface area contributed by atoms with Crippen LogP contribution in [0.5, 0.6) is 23.0 Å². The fourth-order valence-corrected chi connectivity index (χ4v) is 3.90. The van der Waals surface area contributed by atoms with E-state index < -0.39 is 0 Å². The maximum absolute atomic E-state index is 13.1. The van der Waals surface area contributed by atoms with Gasteiger partial charge in [0, 0.05) is 18.0 Å². The highest BCUT2D eigenvalue weighted by Gasteiger charge is 2.37. The van der Waals surface area contributed by atoms with Gasteiger partial charge in [-0.3, -0.25) is 4.79 Å². The van der Waals surface area contributed by atoms with Gasteiger partial charge < -0.3 is 23.8 Å². The SMILES string of the molecule is COc1ccc(/C=C2/c3cc(OC)c(OC)cc3CCN2C(=O)C2CC2)cc1OC. The Morgan fingerprint density at radius 1 is 0.900 bits per heavy atom. The van der Waals surface area contributed by atoms with Crippen molar-refractivity contribution in [3.05, 3.63) is 47.0 Å². The third kappa shape index (κ3) is 3.70. The van der Waals surface area contributed by atoms with Crippen molar-refractivity contribution < 1.29 is 23.7 Å². The van der Waals surface area contributed by atoms with E-state index >= 15 is 0 Å². The van der Waals surface area contributed by atoms with Crippen molar-refractivity contribution in [2.75, 3.05) is 35.0 Å². The van der Waals surface area contributed by atoms with Crippen LogP contribution in [0.25, 0.3) is 11.8 Å². The summed E-state index contributed by atoms with van der Waals surface area (Å²) in [7, 11) is 6.49. The van der Waals surface area contributed by atoms with E-state index in [4.69, 9.17) is 18.9 Å². The first-order valence-corrected chi connectivity index (χ1v) is 10.1. The summed E-state index contributed by atoms with van der Waals surface area (Å²) < 4.78 is 21.8. The van der Waals surface area contributed by atoms with Gasteiger partial charge in [0.1, 0.15) is 0 Å². The van der Waals surface area contributed by atoms with E-state index in [0.717, 1.165) is 41.6 Å². The molecule has 6 nitrogen and oxygen atoms in total. The fourth-order valence-electron chi connectivity index (χ4n) is 3.90. The molecule has 0 N–H and O–H groups in total. The highest BCUT2D eigenvalue weighted by atomic mass is 16.5. The average Bonchev–Trinajstić information content (AvgIpc) is 3.63. The standard InChI is InChI=1S/C24H27NO5/c1-27-20-8-5-15(12-21(20)28-2)11-19-18-14-23(30-4)22(29-3)13-17(18)9-10-25(19)24(26)16-6-7-16/h5,8,11-14,16H,6-7,9-10H2,1-4H3/b19-11-. The van der Waals surface area contributed by atoms with Gasteiger partial charge in [-0.2, -0.15) is 0 Å². The first-order chi connectivity index (χ1) is 14.6. The Labute approximate surface area is 177 Å². The normalized spacial score (nSPS) is 16.8. The smallest absolute Gasteiger partial charge is 0.230 e. The van der Waals surface area contributed by atoms with Crippen LogP contribution < -0.4 is 18.9 Å². The van der Waals surface area contributed by atoms with Crippen LogP contribution in [0.3, 0.4) is 0 Å².